The van der Waals surface area contributed by atoms with Gasteiger partial charge in [0.25, 0.3) is 0 Å². The molecule has 24 heavy (non-hydrogen) atoms. The Morgan fingerprint density at radius 3 is 2.00 bits per heavy atom. The molecule has 1 atom stereocenters. The van der Waals surface area contributed by atoms with E-state index in [1.807, 2.05) is 49.2 Å². The van der Waals surface area contributed by atoms with Gasteiger partial charge in [-0.05, 0) is 47.5 Å². The molecule has 0 bridgehead atoms. The van der Waals surface area contributed by atoms with Crippen molar-refractivity contribution < 1.29 is 0 Å². The number of halogens is 1. The fourth-order valence-corrected chi connectivity index (χ4v) is 3.07. The molecule has 0 N–H and O–H groups in total. The number of imidazole rings is 1. The zero-order valence-corrected chi connectivity index (χ0v) is 13.7. The summed E-state index contributed by atoms with van der Waals surface area (Å²) in [6.45, 7) is 0. The lowest BCUT2D eigenvalue weighted by Gasteiger charge is -2.20. The van der Waals surface area contributed by atoms with Crippen LogP contribution in [-0.4, -0.2) is 14.1 Å². The Kier molecular flexibility index (Phi) is 3.93. The standard InChI is InChI=1S/C20H16ClN3/c21-18-7-3-16(4-8-18)20(24-14-11-22-15-24)17-5-9-19(10-6-17)23-12-1-2-13-23/h1-15,20H. The second-order valence-electron chi connectivity index (χ2n) is 5.65. The molecule has 2 heterocycles. The molecule has 0 fully saturated rings. The highest BCUT2D eigenvalue weighted by Crippen LogP contribution is 2.28. The average Bonchev–Trinajstić information content (AvgIpc) is 3.31. The van der Waals surface area contributed by atoms with Gasteiger partial charge in [0, 0.05) is 35.5 Å². The van der Waals surface area contributed by atoms with Crippen LogP contribution in [0.4, 0.5) is 0 Å². The molecule has 0 spiro atoms. The van der Waals surface area contributed by atoms with E-state index in [9.17, 15) is 0 Å². The Morgan fingerprint density at radius 1 is 0.792 bits per heavy atom. The minimum atomic E-state index is 0.0727. The van der Waals surface area contributed by atoms with Crippen molar-refractivity contribution in [3.05, 3.63) is 108 Å². The van der Waals surface area contributed by atoms with Gasteiger partial charge in [-0.3, -0.25) is 0 Å². The maximum atomic E-state index is 6.04. The Morgan fingerprint density at radius 2 is 1.42 bits per heavy atom. The third kappa shape index (κ3) is 2.86. The highest BCUT2D eigenvalue weighted by molar-refractivity contribution is 6.30. The zero-order chi connectivity index (χ0) is 16.4. The maximum Gasteiger partial charge on any atom is 0.0954 e. The molecule has 2 aromatic carbocycles. The molecular weight excluding hydrogens is 318 g/mol. The molecule has 2 aromatic heterocycles. The van der Waals surface area contributed by atoms with Crippen molar-refractivity contribution in [2.24, 2.45) is 0 Å². The lowest BCUT2D eigenvalue weighted by Crippen LogP contribution is -2.10. The van der Waals surface area contributed by atoms with E-state index in [2.05, 4.69) is 50.5 Å². The van der Waals surface area contributed by atoms with Crippen LogP contribution < -0.4 is 0 Å². The van der Waals surface area contributed by atoms with Crippen LogP contribution in [0, 0.1) is 0 Å². The van der Waals surface area contributed by atoms with Crippen LogP contribution in [0.3, 0.4) is 0 Å². The van der Waals surface area contributed by atoms with Gasteiger partial charge in [-0.2, -0.15) is 0 Å². The van der Waals surface area contributed by atoms with Gasteiger partial charge in [-0.1, -0.05) is 35.9 Å². The van der Waals surface area contributed by atoms with Crippen molar-refractivity contribution in [3.63, 3.8) is 0 Å². The second-order valence-corrected chi connectivity index (χ2v) is 6.08. The van der Waals surface area contributed by atoms with Crippen LogP contribution in [0.5, 0.6) is 0 Å². The summed E-state index contributed by atoms with van der Waals surface area (Å²) in [5.74, 6) is 0. The van der Waals surface area contributed by atoms with Gasteiger partial charge < -0.3 is 9.13 Å². The first-order valence-electron chi connectivity index (χ1n) is 7.77. The Balaban J connectivity index is 1.75. The van der Waals surface area contributed by atoms with Crippen LogP contribution >= 0.6 is 11.6 Å². The smallest absolute Gasteiger partial charge is 0.0954 e. The quantitative estimate of drug-likeness (QED) is 0.517. The summed E-state index contributed by atoms with van der Waals surface area (Å²) in [7, 11) is 0. The molecule has 0 saturated heterocycles. The summed E-state index contributed by atoms with van der Waals surface area (Å²) in [5.41, 5.74) is 3.52. The first kappa shape index (κ1) is 14.8. The predicted molar refractivity (Wildman–Crippen MR) is 96.7 cm³/mol. The molecule has 0 aliphatic carbocycles. The van der Waals surface area contributed by atoms with Crippen LogP contribution in [0.2, 0.25) is 5.02 Å². The maximum absolute atomic E-state index is 6.04. The number of hydrogen-bond donors (Lipinski definition) is 0. The van der Waals surface area contributed by atoms with Crippen molar-refractivity contribution in [2.75, 3.05) is 0 Å². The van der Waals surface area contributed by atoms with Crippen LogP contribution in [0.15, 0.2) is 91.8 Å². The number of benzene rings is 2. The van der Waals surface area contributed by atoms with Crippen LogP contribution in [0.25, 0.3) is 5.69 Å². The summed E-state index contributed by atoms with van der Waals surface area (Å²) >= 11 is 6.04. The Labute approximate surface area is 145 Å². The predicted octanol–water partition coefficient (Wildman–Crippen LogP) is 4.96. The second kappa shape index (κ2) is 6.38. The van der Waals surface area contributed by atoms with Crippen molar-refractivity contribution in [2.45, 2.75) is 6.04 Å². The van der Waals surface area contributed by atoms with Gasteiger partial charge in [-0.25, -0.2) is 4.98 Å². The van der Waals surface area contributed by atoms with E-state index >= 15 is 0 Å². The average molecular weight is 334 g/mol. The van der Waals surface area contributed by atoms with E-state index in [0.717, 1.165) is 10.7 Å². The first-order chi connectivity index (χ1) is 11.8. The van der Waals surface area contributed by atoms with Gasteiger partial charge in [0.15, 0.2) is 0 Å². The van der Waals surface area contributed by atoms with Crippen LogP contribution in [-0.2, 0) is 0 Å². The molecule has 1 unspecified atom stereocenters. The molecule has 0 amide bonds. The molecule has 0 aliphatic heterocycles. The van der Waals surface area contributed by atoms with E-state index in [-0.39, 0.29) is 6.04 Å². The molecule has 4 aromatic rings. The largest absolute Gasteiger partial charge is 0.326 e. The normalized spacial score (nSPS) is 12.2. The van der Waals surface area contributed by atoms with Crippen molar-refractivity contribution >= 4 is 11.6 Å². The van der Waals surface area contributed by atoms with Crippen molar-refractivity contribution in [1.29, 1.82) is 0 Å². The van der Waals surface area contributed by atoms with Crippen molar-refractivity contribution in [3.8, 4) is 5.69 Å². The van der Waals surface area contributed by atoms with E-state index < -0.39 is 0 Å². The number of aromatic nitrogens is 3. The third-order valence-corrected chi connectivity index (χ3v) is 4.37. The SMILES string of the molecule is Clc1ccc(C(c2ccc(-n3cccc3)cc2)n2ccnc2)cc1. The summed E-state index contributed by atoms with van der Waals surface area (Å²) in [5, 5.41) is 0.742. The number of rotatable bonds is 4. The summed E-state index contributed by atoms with van der Waals surface area (Å²) in [6, 6.07) is 20.7. The summed E-state index contributed by atoms with van der Waals surface area (Å²) < 4.78 is 4.20. The van der Waals surface area contributed by atoms with Gasteiger partial charge in [0.05, 0.1) is 12.4 Å². The molecule has 0 radical (unpaired) electrons. The van der Waals surface area contributed by atoms with E-state index in [1.54, 1.807) is 6.20 Å². The number of hydrogen-bond acceptors (Lipinski definition) is 1. The lowest BCUT2D eigenvalue weighted by molar-refractivity contribution is 0.676. The van der Waals surface area contributed by atoms with E-state index in [0.29, 0.717) is 0 Å². The highest BCUT2D eigenvalue weighted by Gasteiger charge is 2.16. The van der Waals surface area contributed by atoms with Gasteiger partial charge in [0.1, 0.15) is 0 Å². The zero-order valence-electron chi connectivity index (χ0n) is 13.0. The third-order valence-electron chi connectivity index (χ3n) is 4.12. The fraction of sp³-hybridized carbons (Fsp3) is 0.0500. The molecule has 118 valence electrons. The van der Waals surface area contributed by atoms with Gasteiger partial charge >= 0.3 is 0 Å². The molecule has 0 aliphatic rings. The minimum absolute atomic E-state index is 0.0727. The summed E-state index contributed by atoms with van der Waals surface area (Å²) in [6.07, 6.45) is 9.72. The fourth-order valence-electron chi connectivity index (χ4n) is 2.94. The molecular formula is C20H16ClN3. The van der Waals surface area contributed by atoms with E-state index in [1.165, 1.54) is 11.1 Å². The molecule has 4 rings (SSSR count). The van der Waals surface area contributed by atoms with Crippen LogP contribution in [0.1, 0.15) is 17.2 Å². The van der Waals surface area contributed by atoms with Gasteiger partial charge in [-0.15, -0.1) is 0 Å². The molecule has 3 nitrogen and oxygen atoms in total. The van der Waals surface area contributed by atoms with Crippen molar-refractivity contribution in [1.82, 2.24) is 14.1 Å². The monoisotopic (exact) mass is 333 g/mol. The highest BCUT2D eigenvalue weighted by atomic mass is 35.5. The molecule has 0 saturated carbocycles. The Hall–Kier alpha value is -2.78. The molecule has 4 heteroatoms. The topological polar surface area (TPSA) is 22.8 Å². The number of nitrogens with zero attached hydrogens (tertiary/aromatic N) is 3. The van der Waals surface area contributed by atoms with E-state index in [4.69, 9.17) is 11.6 Å². The first-order valence-corrected chi connectivity index (χ1v) is 8.15. The minimum Gasteiger partial charge on any atom is -0.326 e. The Bertz CT molecular complexity index is 893. The summed E-state index contributed by atoms with van der Waals surface area (Å²) in [4.78, 5) is 4.20. The lowest BCUT2D eigenvalue weighted by atomic mass is 9.98. The van der Waals surface area contributed by atoms with Gasteiger partial charge in [0.2, 0.25) is 0 Å².